The number of nitrogens with two attached hydrogens (primary N) is 1. The molecule has 0 radical (unpaired) electrons. The fourth-order valence-corrected chi connectivity index (χ4v) is 1.59. The molecule has 0 aliphatic rings. The van der Waals surface area contributed by atoms with Gasteiger partial charge in [-0.25, -0.2) is 4.39 Å². The summed E-state index contributed by atoms with van der Waals surface area (Å²) in [6.45, 7) is 3.73. The van der Waals surface area contributed by atoms with E-state index in [1.807, 2.05) is 13.8 Å². The van der Waals surface area contributed by atoms with Crippen LogP contribution in [-0.4, -0.2) is 6.04 Å². The maximum absolute atomic E-state index is 13.4. The standard InChI is InChI=1S/C10H13ClFN/c1-6-3-8(5-7(2)13)10(12)9(11)4-6/h3-4,7H,5,13H2,1-2H3. The van der Waals surface area contributed by atoms with Crippen molar-refractivity contribution >= 4 is 11.6 Å². The molecule has 0 fully saturated rings. The summed E-state index contributed by atoms with van der Waals surface area (Å²) in [6.07, 6.45) is 0.521. The highest BCUT2D eigenvalue weighted by atomic mass is 35.5. The molecule has 2 N–H and O–H groups in total. The van der Waals surface area contributed by atoms with Gasteiger partial charge in [-0.05, 0) is 37.5 Å². The lowest BCUT2D eigenvalue weighted by atomic mass is 10.0. The third-order valence-electron chi connectivity index (χ3n) is 1.79. The normalized spacial score (nSPS) is 13.0. The summed E-state index contributed by atoms with van der Waals surface area (Å²) in [5, 5.41) is 0.177. The van der Waals surface area contributed by atoms with Crippen LogP contribution < -0.4 is 5.73 Å². The fourth-order valence-electron chi connectivity index (χ4n) is 1.29. The van der Waals surface area contributed by atoms with Crippen LogP contribution >= 0.6 is 11.6 Å². The molecule has 0 aromatic heterocycles. The van der Waals surface area contributed by atoms with Crippen LogP contribution in [0, 0.1) is 12.7 Å². The number of rotatable bonds is 2. The Hall–Kier alpha value is -0.600. The zero-order valence-corrected chi connectivity index (χ0v) is 8.53. The minimum atomic E-state index is -0.343. The van der Waals surface area contributed by atoms with Crippen molar-refractivity contribution in [1.82, 2.24) is 0 Å². The quantitative estimate of drug-likeness (QED) is 0.783. The van der Waals surface area contributed by atoms with Gasteiger partial charge in [0.05, 0.1) is 5.02 Å². The summed E-state index contributed by atoms with van der Waals surface area (Å²) < 4.78 is 13.4. The Morgan fingerprint density at radius 1 is 1.54 bits per heavy atom. The van der Waals surface area contributed by atoms with E-state index in [4.69, 9.17) is 17.3 Å². The van der Waals surface area contributed by atoms with Gasteiger partial charge in [0.1, 0.15) is 5.82 Å². The van der Waals surface area contributed by atoms with E-state index in [1.165, 1.54) is 0 Å². The monoisotopic (exact) mass is 201 g/mol. The van der Waals surface area contributed by atoms with Crippen LogP contribution in [0.15, 0.2) is 12.1 Å². The van der Waals surface area contributed by atoms with Crippen molar-refractivity contribution in [1.29, 1.82) is 0 Å². The van der Waals surface area contributed by atoms with E-state index in [0.29, 0.717) is 12.0 Å². The number of aryl methyl sites for hydroxylation is 1. The Morgan fingerprint density at radius 2 is 2.15 bits per heavy atom. The van der Waals surface area contributed by atoms with E-state index >= 15 is 0 Å². The molecule has 1 unspecified atom stereocenters. The highest BCUT2D eigenvalue weighted by Gasteiger charge is 2.09. The maximum Gasteiger partial charge on any atom is 0.145 e. The van der Waals surface area contributed by atoms with Crippen LogP contribution in [0.2, 0.25) is 5.02 Å². The topological polar surface area (TPSA) is 26.0 Å². The molecule has 1 atom stereocenters. The lowest BCUT2D eigenvalue weighted by molar-refractivity contribution is 0.596. The van der Waals surface area contributed by atoms with Gasteiger partial charge in [-0.1, -0.05) is 17.7 Å². The van der Waals surface area contributed by atoms with Crippen molar-refractivity contribution in [2.45, 2.75) is 26.3 Å². The molecule has 0 amide bonds. The van der Waals surface area contributed by atoms with E-state index in [9.17, 15) is 4.39 Å². The average molecular weight is 202 g/mol. The summed E-state index contributed by atoms with van der Waals surface area (Å²) in [5.41, 5.74) is 7.14. The maximum atomic E-state index is 13.4. The van der Waals surface area contributed by atoms with Crippen LogP contribution in [0.25, 0.3) is 0 Å². The van der Waals surface area contributed by atoms with Crippen LogP contribution in [-0.2, 0) is 6.42 Å². The Balaban J connectivity index is 3.05. The van der Waals surface area contributed by atoms with Gasteiger partial charge in [-0.15, -0.1) is 0 Å². The lowest BCUT2D eigenvalue weighted by Gasteiger charge is -2.08. The van der Waals surface area contributed by atoms with Crippen molar-refractivity contribution in [3.8, 4) is 0 Å². The van der Waals surface area contributed by atoms with Gasteiger partial charge in [0.25, 0.3) is 0 Å². The molecule has 13 heavy (non-hydrogen) atoms. The van der Waals surface area contributed by atoms with Gasteiger partial charge in [0.15, 0.2) is 0 Å². The first-order valence-corrected chi connectivity index (χ1v) is 4.58. The number of hydrogen-bond donors (Lipinski definition) is 1. The molecule has 0 saturated carbocycles. The molecule has 1 aromatic rings. The molecule has 1 aromatic carbocycles. The van der Waals surface area contributed by atoms with E-state index in [0.717, 1.165) is 5.56 Å². The summed E-state index contributed by atoms with van der Waals surface area (Å²) in [5.74, 6) is -0.343. The Kier molecular flexibility index (Phi) is 3.28. The largest absolute Gasteiger partial charge is 0.328 e. The first kappa shape index (κ1) is 10.5. The van der Waals surface area contributed by atoms with Gasteiger partial charge in [0, 0.05) is 6.04 Å². The van der Waals surface area contributed by atoms with E-state index < -0.39 is 0 Å². The lowest BCUT2D eigenvalue weighted by Crippen LogP contribution is -2.18. The first-order chi connectivity index (χ1) is 6.00. The van der Waals surface area contributed by atoms with Gasteiger partial charge < -0.3 is 5.73 Å². The van der Waals surface area contributed by atoms with Crippen molar-refractivity contribution in [3.63, 3.8) is 0 Å². The molecular weight excluding hydrogens is 189 g/mol. The molecule has 3 heteroatoms. The molecule has 0 spiro atoms. The smallest absolute Gasteiger partial charge is 0.145 e. The van der Waals surface area contributed by atoms with Gasteiger partial charge in [-0.2, -0.15) is 0 Å². The highest BCUT2D eigenvalue weighted by Crippen LogP contribution is 2.21. The van der Waals surface area contributed by atoms with E-state index in [1.54, 1.807) is 12.1 Å². The SMILES string of the molecule is Cc1cc(Cl)c(F)c(CC(C)N)c1. The summed E-state index contributed by atoms with van der Waals surface area (Å²) >= 11 is 5.69. The molecule has 0 aliphatic carbocycles. The highest BCUT2D eigenvalue weighted by molar-refractivity contribution is 6.30. The van der Waals surface area contributed by atoms with E-state index in [2.05, 4.69) is 0 Å². The van der Waals surface area contributed by atoms with E-state index in [-0.39, 0.29) is 16.9 Å². The van der Waals surface area contributed by atoms with Gasteiger partial charge >= 0.3 is 0 Å². The van der Waals surface area contributed by atoms with Crippen LogP contribution in [0.4, 0.5) is 4.39 Å². The number of benzene rings is 1. The third kappa shape index (κ3) is 2.68. The minimum absolute atomic E-state index is 0.0487. The predicted molar refractivity (Wildman–Crippen MR) is 53.5 cm³/mol. The van der Waals surface area contributed by atoms with Crippen LogP contribution in [0.1, 0.15) is 18.1 Å². The van der Waals surface area contributed by atoms with Crippen molar-refractivity contribution in [2.24, 2.45) is 5.73 Å². The Labute approximate surface area is 82.7 Å². The second-order valence-electron chi connectivity index (χ2n) is 3.40. The number of halogens is 2. The summed E-state index contributed by atoms with van der Waals surface area (Å²) in [7, 11) is 0. The van der Waals surface area contributed by atoms with Crippen molar-refractivity contribution < 1.29 is 4.39 Å². The second kappa shape index (κ2) is 4.07. The first-order valence-electron chi connectivity index (χ1n) is 4.21. The molecular formula is C10H13ClFN. The second-order valence-corrected chi connectivity index (χ2v) is 3.81. The molecule has 1 rings (SSSR count). The molecule has 0 heterocycles. The predicted octanol–water partition coefficient (Wildman–Crippen LogP) is 2.68. The zero-order chi connectivity index (χ0) is 10.0. The summed E-state index contributed by atoms with van der Waals surface area (Å²) in [6, 6.07) is 3.35. The van der Waals surface area contributed by atoms with Gasteiger partial charge in [-0.3, -0.25) is 0 Å². The average Bonchev–Trinajstić information content (AvgIpc) is 1.98. The molecule has 72 valence electrons. The third-order valence-corrected chi connectivity index (χ3v) is 2.06. The molecule has 0 saturated heterocycles. The molecule has 1 nitrogen and oxygen atoms in total. The minimum Gasteiger partial charge on any atom is -0.328 e. The summed E-state index contributed by atoms with van der Waals surface area (Å²) in [4.78, 5) is 0. The van der Waals surface area contributed by atoms with Crippen LogP contribution in [0.3, 0.4) is 0 Å². The fraction of sp³-hybridized carbons (Fsp3) is 0.400. The Bertz CT molecular complexity index is 310. The number of hydrogen-bond acceptors (Lipinski definition) is 1. The van der Waals surface area contributed by atoms with Crippen molar-refractivity contribution in [3.05, 3.63) is 34.1 Å². The van der Waals surface area contributed by atoms with Crippen molar-refractivity contribution in [2.75, 3.05) is 0 Å². The van der Waals surface area contributed by atoms with Gasteiger partial charge in [0.2, 0.25) is 0 Å². The molecule has 0 bridgehead atoms. The zero-order valence-electron chi connectivity index (χ0n) is 7.77. The van der Waals surface area contributed by atoms with Crippen LogP contribution in [0.5, 0.6) is 0 Å². The Morgan fingerprint density at radius 3 is 2.69 bits per heavy atom. The molecule has 0 aliphatic heterocycles.